The lowest BCUT2D eigenvalue weighted by atomic mass is 10.2. The van der Waals surface area contributed by atoms with Gasteiger partial charge in [0, 0.05) is 6.54 Å². The van der Waals surface area contributed by atoms with E-state index < -0.39 is 5.82 Å². The smallest absolute Gasteiger partial charge is 0.223 e. The monoisotopic (exact) mass is 221 g/mol. The Morgan fingerprint density at radius 3 is 2.19 bits per heavy atom. The fourth-order valence-corrected chi connectivity index (χ4v) is 1.19. The van der Waals surface area contributed by atoms with Crippen LogP contribution < -0.4 is 5.32 Å². The molecule has 16 heavy (non-hydrogen) atoms. The molecule has 0 spiro atoms. The third-order valence-electron chi connectivity index (χ3n) is 1.98. The molecule has 0 unspecified atom stereocenters. The van der Waals surface area contributed by atoms with Crippen LogP contribution in [0.2, 0.25) is 0 Å². The largest absolute Gasteiger partial charge is 0.350 e. The number of hydrogen-bond donors (Lipinski definition) is 1. The van der Waals surface area contributed by atoms with Gasteiger partial charge in [-0.25, -0.2) is 18.7 Å². The molecule has 1 heterocycles. The molecule has 0 saturated heterocycles. The Kier molecular flexibility index (Phi) is 3.05. The van der Waals surface area contributed by atoms with Crippen LogP contribution in [0.5, 0.6) is 0 Å². The second-order valence-corrected chi connectivity index (χ2v) is 3.20. The van der Waals surface area contributed by atoms with Crippen molar-refractivity contribution in [2.75, 3.05) is 5.32 Å². The van der Waals surface area contributed by atoms with Crippen molar-refractivity contribution in [3.05, 3.63) is 53.9 Å². The van der Waals surface area contributed by atoms with Gasteiger partial charge in [-0.1, -0.05) is 12.1 Å². The molecule has 1 aromatic carbocycles. The van der Waals surface area contributed by atoms with E-state index in [1.54, 1.807) is 12.1 Å². The SMILES string of the molecule is Fc1ccc(CNc2ncc(F)cn2)cc1. The van der Waals surface area contributed by atoms with Gasteiger partial charge in [-0.15, -0.1) is 0 Å². The van der Waals surface area contributed by atoms with Gasteiger partial charge in [0.05, 0.1) is 12.4 Å². The lowest BCUT2D eigenvalue weighted by Crippen LogP contribution is -2.03. The first kappa shape index (κ1) is 10.5. The molecule has 82 valence electrons. The summed E-state index contributed by atoms with van der Waals surface area (Å²) in [6, 6.07) is 6.07. The zero-order valence-electron chi connectivity index (χ0n) is 8.32. The molecule has 3 nitrogen and oxygen atoms in total. The maximum atomic E-state index is 12.6. The van der Waals surface area contributed by atoms with Crippen LogP contribution in [0.3, 0.4) is 0 Å². The topological polar surface area (TPSA) is 37.8 Å². The number of hydrogen-bond acceptors (Lipinski definition) is 3. The summed E-state index contributed by atoms with van der Waals surface area (Å²) in [5.41, 5.74) is 0.898. The molecule has 0 saturated carbocycles. The highest BCUT2D eigenvalue weighted by molar-refractivity contribution is 5.26. The van der Waals surface area contributed by atoms with E-state index in [0.29, 0.717) is 12.5 Å². The molecule has 0 bridgehead atoms. The first-order valence-electron chi connectivity index (χ1n) is 4.70. The number of halogens is 2. The third kappa shape index (κ3) is 2.73. The van der Waals surface area contributed by atoms with Gasteiger partial charge in [-0.3, -0.25) is 0 Å². The molecule has 0 amide bonds. The van der Waals surface area contributed by atoms with E-state index in [1.807, 2.05) is 0 Å². The van der Waals surface area contributed by atoms with Crippen LogP contribution in [0.4, 0.5) is 14.7 Å². The van der Waals surface area contributed by atoms with Crippen molar-refractivity contribution in [2.45, 2.75) is 6.54 Å². The second kappa shape index (κ2) is 4.65. The molecule has 1 N–H and O–H groups in total. The van der Waals surface area contributed by atoms with Gasteiger partial charge in [0.15, 0.2) is 5.82 Å². The minimum Gasteiger partial charge on any atom is -0.350 e. The summed E-state index contributed by atoms with van der Waals surface area (Å²) >= 11 is 0. The van der Waals surface area contributed by atoms with Crippen LogP contribution in [0.1, 0.15) is 5.56 Å². The Hall–Kier alpha value is -2.04. The molecular formula is C11H9F2N3. The molecular weight excluding hydrogens is 212 g/mol. The molecule has 2 rings (SSSR count). The Labute approximate surface area is 91.2 Å². The fraction of sp³-hybridized carbons (Fsp3) is 0.0909. The van der Waals surface area contributed by atoms with E-state index >= 15 is 0 Å². The van der Waals surface area contributed by atoms with E-state index in [0.717, 1.165) is 18.0 Å². The summed E-state index contributed by atoms with van der Waals surface area (Å²) in [6.07, 6.45) is 2.17. The third-order valence-corrected chi connectivity index (χ3v) is 1.98. The normalized spacial score (nSPS) is 10.1. The Morgan fingerprint density at radius 1 is 0.938 bits per heavy atom. The van der Waals surface area contributed by atoms with Crippen molar-refractivity contribution in [3.63, 3.8) is 0 Å². The molecule has 0 aliphatic carbocycles. The van der Waals surface area contributed by atoms with Crippen LogP contribution in [0.15, 0.2) is 36.7 Å². The fourth-order valence-electron chi connectivity index (χ4n) is 1.19. The zero-order chi connectivity index (χ0) is 11.4. The Balaban J connectivity index is 1.97. The summed E-state index contributed by atoms with van der Waals surface area (Å²) in [4.78, 5) is 7.48. The van der Waals surface area contributed by atoms with Crippen LogP contribution >= 0.6 is 0 Å². The molecule has 5 heteroatoms. The minimum absolute atomic E-state index is 0.276. The van der Waals surface area contributed by atoms with E-state index in [9.17, 15) is 8.78 Å². The van der Waals surface area contributed by atoms with Gasteiger partial charge in [0.2, 0.25) is 5.95 Å². The van der Waals surface area contributed by atoms with E-state index in [1.165, 1.54) is 12.1 Å². The average Bonchev–Trinajstić information content (AvgIpc) is 2.30. The highest BCUT2D eigenvalue weighted by Crippen LogP contribution is 2.05. The Morgan fingerprint density at radius 2 is 1.56 bits per heavy atom. The van der Waals surface area contributed by atoms with Crippen molar-refractivity contribution >= 4 is 5.95 Å². The van der Waals surface area contributed by atoms with Gasteiger partial charge in [-0.2, -0.15) is 0 Å². The minimum atomic E-state index is -0.479. The predicted molar refractivity (Wildman–Crippen MR) is 55.7 cm³/mol. The van der Waals surface area contributed by atoms with Gasteiger partial charge < -0.3 is 5.32 Å². The number of benzene rings is 1. The maximum absolute atomic E-state index is 12.6. The van der Waals surface area contributed by atoms with Gasteiger partial charge in [0.1, 0.15) is 5.82 Å². The van der Waals surface area contributed by atoms with Crippen LogP contribution in [-0.2, 0) is 6.54 Å². The summed E-state index contributed by atoms with van der Waals surface area (Å²) in [6.45, 7) is 0.464. The first-order chi connectivity index (χ1) is 7.74. The standard InChI is InChI=1S/C11H9F2N3/c12-9-3-1-8(2-4-9)5-14-11-15-6-10(13)7-16-11/h1-4,6-7H,5H2,(H,14,15,16). The van der Waals surface area contributed by atoms with Crippen LogP contribution in [0, 0.1) is 11.6 Å². The lowest BCUT2D eigenvalue weighted by molar-refractivity contribution is 0.614. The van der Waals surface area contributed by atoms with E-state index in [-0.39, 0.29) is 5.82 Å². The number of anilines is 1. The number of rotatable bonds is 3. The van der Waals surface area contributed by atoms with Crippen molar-refractivity contribution in [1.29, 1.82) is 0 Å². The van der Waals surface area contributed by atoms with E-state index in [4.69, 9.17) is 0 Å². The quantitative estimate of drug-likeness (QED) is 0.864. The van der Waals surface area contributed by atoms with Crippen molar-refractivity contribution in [3.8, 4) is 0 Å². The van der Waals surface area contributed by atoms with Crippen molar-refractivity contribution in [1.82, 2.24) is 9.97 Å². The molecule has 0 atom stereocenters. The van der Waals surface area contributed by atoms with Gasteiger partial charge in [0.25, 0.3) is 0 Å². The highest BCUT2D eigenvalue weighted by Gasteiger charge is 1.97. The van der Waals surface area contributed by atoms with Crippen LogP contribution in [0.25, 0.3) is 0 Å². The zero-order valence-corrected chi connectivity index (χ0v) is 8.32. The van der Waals surface area contributed by atoms with Gasteiger partial charge >= 0.3 is 0 Å². The Bertz CT molecular complexity index is 408. The predicted octanol–water partition coefficient (Wildman–Crippen LogP) is 2.37. The number of nitrogens with zero attached hydrogens (tertiary/aromatic N) is 2. The number of aromatic nitrogens is 2. The van der Waals surface area contributed by atoms with Gasteiger partial charge in [-0.05, 0) is 17.7 Å². The second-order valence-electron chi connectivity index (χ2n) is 3.20. The molecule has 2 aromatic rings. The highest BCUT2D eigenvalue weighted by atomic mass is 19.1. The van der Waals surface area contributed by atoms with Crippen LogP contribution in [-0.4, -0.2) is 9.97 Å². The molecule has 0 aliphatic heterocycles. The maximum Gasteiger partial charge on any atom is 0.223 e. The number of nitrogens with one attached hydrogen (secondary N) is 1. The molecule has 0 aliphatic rings. The average molecular weight is 221 g/mol. The first-order valence-corrected chi connectivity index (χ1v) is 4.70. The summed E-state index contributed by atoms with van der Waals surface area (Å²) < 4.78 is 25.1. The molecule has 1 aromatic heterocycles. The lowest BCUT2D eigenvalue weighted by Gasteiger charge is -2.03. The van der Waals surface area contributed by atoms with Crippen molar-refractivity contribution in [2.24, 2.45) is 0 Å². The summed E-state index contributed by atoms with van der Waals surface area (Å²) in [5, 5.41) is 2.90. The summed E-state index contributed by atoms with van der Waals surface area (Å²) in [5.74, 6) is -0.417. The summed E-state index contributed by atoms with van der Waals surface area (Å²) in [7, 11) is 0. The van der Waals surface area contributed by atoms with E-state index in [2.05, 4.69) is 15.3 Å². The molecule has 0 radical (unpaired) electrons. The van der Waals surface area contributed by atoms with Crippen molar-refractivity contribution < 1.29 is 8.78 Å². The molecule has 0 fully saturated rings.